The first kappa shape index (κ1) is 10.4. The zero-order valence-corrected chi connectivity index (χ0v) is 8.71. The van der Waals surface area contributed by atoms with Crippen molar-refractivity contribution in [2.24, 2.45) is 5.73 Å². The van der Waals surface area contributed by atoms with Crippen LogP contribution < -0.4 is 5.73 Å². The van der Waals surface area contributed by atoms with Gasteiger partial charge in [0.2, 0.25) is 5.91 Å². The van der Waals surface area contributed by atoms with Gasteiger partial charge in [0.25, 0.3) is 0 Å². The van der Waals surface area contributed by atoms with Crippen molar-refractivity contribution < 1.29 is 4.79 Å². The van der Waals surface area contributed by atoms with Gasteiger partial charge in [-0.1, -0.05) is 30.3 Å². The summed E-state index contributed by atoms with van der Waals surface area (Å²) in [7, 11) is 0. The van der Waals surface area contributed by atoms with Crippen molar-refractivity contribution in [3.63, 3.8) is 0 Å². The van der Waals surface area contributed by atoms with E-state index in [0.717, 1.165) is 5.56 Å². The molecule has 0 unspecified atom stereocenters. The average Bonchev–Trinajstić information content (AvgIpc) is 2.66. The summed E-state index contributed by atoms with van der Waals surface area (Å²) in [5.41, 5.74) is 6.20. The van der Waals surface area contributed by atoms with Crippen LogP contribution in [0.1, 0.15) is 11.4 Å². The summed E-state index contributed by atoms with van der Waals surface area (Å²) >= 11 is 0. The van der Waals surface area contributed by atoms with E-state index in [1.54, 1.807) is 0 Å². The number of carbonyl (C=O) groups is 1. The molecule has 0 aliphatic carbocycles. The average molecular weight is 216 g/mol. The first-order chi connectivity index (χ1) is 7.74. The Morgan fingerprint density at radius 1 is 1.31 bits per heavy atom. The van der Waals surface area contributed by atoms with E-state index in [1.165, 1.54) is 11.0 Å². The minimum absolute atomic E-state index is 0.0712. The van der Waals surface area contributed by atoms with Crippen LogP contribution in [0.15, 0.2) is 36.7 Å². The fraction of sp³-hybridized carbons (Fsp3) is 0.182. The van der Waals surface area contributed by atoms with E-state index in [4.69, 9.17) is 5.73 Å². The lowest BCUT2D eigenvalue weighted by atomic mass is 10.1. The molecule has 0 aliphatic heterocycles. The molecule has 5 heteroatoms. The molecular formula is C11H12N4O. The Kier molecular flexibility index (Phi) is 2.95. The van der Waals surface area contributed by atoms with Gasteiger partial charge in [-0.25, -0.2) is 9.67 Å². The molecule has 1 heterocycles. The van der Waals surface area contributed by atoms with Gasteiger partial charge in [-0.15, -0.1) is 0 Å². The van der Waals surface area contributed by atoms with E-state index >= 15 is 0 Å². The molecule has 0 atom stereocenters. The van der Waals surface area contributed by atoms with Gasteiger partial charge in [-0.2, -0.15) is 5.10 Å². The van der Waals surface area contributed by atoms with Crippen LogP contribution in [0.4, 0.5) is 0 Å². The van der Waals surface area contributed by atoms with E-state index in [-0.39, 0.29) is 6.54 Å². The number of aromatic nitrogens is 3. The minimum Gasteiger partial charge on any atom is -0.368 e. The molecule has 2 aromatic rings. The second-order valence-corrected chi connectivity index (χ2v) is 3.49. The third kappa shape index (κ3) is 2.66. The molecule has 0 fully saturated rings. The highest BCUT2D eigenvalue weighted by atomic mass is 16.1. The summed E-state index contributed by atoms with van der Waals surface area (Å²) in [5.74, 6) is 0.267. The molecule has 82 valence electrons. The number of nitrogens with zero attached hydrogens (tertiary/aromatic N) is 3. The summed E-state index contributed by atoms with van der Waals surface area (Å²) in [4.78, 5) is 14.8. The van der Waals surface area contributed by atoms with E-state index < -0.39 is 5.91 Å². The van der Waals surface area contributed by atoms with Crippen molar-refractivity contribution in [2.75, 3.05) is 0 Å². The second kappa shape index (κ2) is 4.57. The van der Waals surface area contributed by atoms with Crippen LogP contribution in [0, 0.1) is 0 Å². The fourth-order valence-corrected chi connectivity index (χ4v) is 1.43. The highest BCUT2D eigenvalue weighted by Gasteiger charge is 2.03. The molecule has 5 nitrogen and oxygen atoms in total. The van der Waals surface area contributed by atoms with Gasteiger partial charge < -0.3 is 5.73 Å². The fourth-order valence-electron chi connectivity index (χ4n) is 1.43. The highest BCUT2D eigenvalue weighted by Crippen LogP contribution is 2.04. The quantitative estimate of drug-likeness (QED) is 0.801. The molecule has 2 rings (SSSR count). The first-order valence-corrected chi connectivity index (χ1v) is 4.94. The third-order valence-electron chi connectivity index (χ3n) is 2.11. The van der Waals surface area contributed by atoms with E-state index in [2.05, 4.69) is 10.1 Å². The van der Waals surface area contributed by atoms with Gasteiger partial charge in [-0.05, 0) is 5.56 Å². The number of amides is 1. The van der Waals surface area contributed by atoms with Crippen LogP contribution in [0.25, 0.3) is 0 Å². The molecule has 1 aromatic heterocycles. The van der Waals surface area contributed by atoms with E-state index in [1.807, 2.05) is 30.3 Å². The van der Waals surface area contributed by atoms with Gasteiger partial charge in [0.1, 0.15) is 12.9 Å². The molecule has 0 bridgehead atoms. The largest absolute Gasteiger partial charge is 0.368 e. The molecule has 1 amide bonds. The Labute approximate surface area is 92.9 Å². The number of hydrogen-bond acceptors (Lipinski definition) is 3. The second-order valence-electron chi connectivity index (χ2n) is 3.49. The number of hydrogen-bond donors (Lipinski definition) is 1. The third-order valence-corrected chi connectivity index (χ3v) is 2.11. The van der Waals surface area contributed by atoms with Crippen molar-refractivity contribution >= 4 is 5.91 Å². The van der Waals surface area contributed by atoms with Crippen LogP contribution >= 0.6 is 0 Å². The molecule has 0 aliphatic rings. The number of nitrogens with two attached hydrogens (primary N) is 1. The Morgan fingerprint density at radius 2 is 2.06 bits per heavy atom. The van der Waals surface area contributed by atoms with Crippen molar-refractivity contribution in [3.05, 3.63) is 48.0 Å². The number of carbonyl (C=O) groups excluding carboxylic acids is 1. The van der Waals surface area contributed by atoms with Gasteiger partial charge in [0.05, 0.1) is 0 Å². The number of primary amides is 1. The maximum Gasteiger partial charge on any atom is 0.239 e. The maximum absolute atomic E-state index is 10.7. The van der Waals surface area contributed by atoms with Crippen molar-refractivity contribution in [1.29, 1.82) is 0 Å². The summed E-state index contributed by atoms with van der Waals surface area (Å²) in [5, 5.41) is 4.15. The lowest BCUT2D eigenvalue weighted by molar-refractivity contribution is -0.118. The molecule has 0 spiro atoms. The Bertz CT molecular complexity index is 478. The standard InChI is InChI=1S/C11H12N4O/c12-10(16)7-15-8-13-11(14-15)6-9-4-2-1-3-5-9/h1-5,8H,6-7H2,(H2,12,16). The maximum atomic E-state index is 10.7. The highest BCUT2D eigenvalue weighted by molar-refractivity contribution is 5.73. The van der Waals surface area contributed by atoms with Gasteiger partial charge in [0, 0.05) is 6.42 Å². The lowest BCUT2D eigenvalue weighted by Gasteiger charge is -1.96. The van der Waals surface area contributed by atoms with Gasteiger partial charge >= 0.3 is 0 Å². The van der Waals surface area contributed by atoms with Crippen LogP contribution in [0.2, 0.25) is 0 Å². The summed E-state index contributed by atoms with van der Waals surface area (Å²) in [6.45, 7) is 0.0712. The molecule has 2 N–H and O–H groups in total. The van der Waals surface area contributed by atoms with E-state index in [9.17, 15) is 4.79 Å². The summed E-state index contributed by atoms with van der Waals surface area (Å²) < 4.78 is 1.45. The zero-order chi connectivity index (χ0) is 11.4. The van der Waals surface area contributed by atoms with Crippen LogP contribution in [0.5, 0.6) is 0 Å². The predicted octanol–water partition coefficient (Wildman–Crippen LogP) is 0.354. The molecule has 16 heavy (non-hydrogen) atoms. The molecular weight excluding hydrogens is 204 g/mol. The van der Waals surface area contributed by atoms with Gasteiger partial charge in [-0.3, -0.25) is 4.79 Å². The van der Waals surface area contributed by atoms with Crippen LogP contribution in [-0.4, -0.2) is 20.7 Å². The van der Waals surface area contributed by atoms with Gasteiger partial charge in [0.15, 0.2) is 5.82 Å². The van der Waals surface area contributed by atoms with Crippen molar-refractivity contribution in [1.82, 2.24) is 14.8 Å². The van der Waals surface area contributed by atoms with Crippen molar-refractivity contribution in [2.45, 2.75) is 13.0 Å². The normalized spacial score (nSPS) is 10.2. The monoisotopic (exact) mass is 216 g/mol. The zero-order valence-electron chi connectivity index (χ0n) is 8.71. The summed E-state index contributed by atoms with van der Waals surface area (Å²) in [6.07, 6.45) is 2.18. The topological polar surface area (TPSA) is 73.8 Å². The molecule has 0 radical (unpaired) electrons. The molecule has 1 aromatic carbocycles. The number of benzene rings is 1. The predicted molar refractivity (Wildman–Crippen MR) is 58.5 cm³/mol. The van der Waals surface area contributed by atoms with Crippen LogP contribution in [-0.2, 0) is 17.8 Å². The summed E-state index contributed by atoms with van der Waals surface area (Å²) in [6, 6.07) is 9.91. The Hall–Kier alpha value is -2.17. The van der Waals surface area contributed by atoms with E-state index in [0.29, 0.717) is 12.2 Å². The molecule has 0 saturated carbocycles. The SMILES string of the molecule is NC(=O)Cn1cnc(Cc2ccccc2)n1. The first-order valence-electron chi connectivity index (χ1n) is 4.94. The molecule has 0 saturated heterocycles. The Balaban J connectivity index is 2.06. The van der Waals surface area contributed by atoms with Crippen molar-refractivity contribution in [3.8, 4) is 0 Å². The van der Waals surface area contributed by atoms with Crippen LogP contribution in [0.3, 0.4) is 0 Å². The minimum atomic E-state index is -0.420. The number of rotatable bonds is 4. The smallest absolute Gasteiger partial charge is 0.239 e. The Morgan fingerprint density at radius 3 is 2.75 bits per heavy atom. The lowest BCUT2D eigenvalue weighted by Crippen LogP contribution is -2.19.